The summed E-state index contributed by atoms with van der Waals surface area (Å²) in [5.41, 5.74) is 9.81. The van der Waals surface area contributed by atoms with E-state index in [1.165, 1.54) is 0 Å². The van der Waals surface area contributed by atoms with Crippen LogP contribution in [0.15, 0.2) is 24.3 Å². The fourth-order valence-corrected chi connectivity index (χ4v) is 2.86. The van der Waals surface area contributed by atoms with E-state index in [9.17, 15) is 9.59 Å². The largest absolute Gasteiger partial charge is 0.456 e. The first-order valence-corrected chi connectivity index (χ1v) is 8.84. The second-order valence-electron chi connectivity index (χ2n) is 6.52. The number of nitrogens with one attached hydrogen (secondary N) is 1. The van der Waals surface area contributed by atoms with Gasteiger partial charge in [-0.1, -0.05) is 17.7 Å². The van der Waals surface area contributed by atoms with E-state index < -0.39 is 5.97 Å². The van der Waals surface area contributed by atoms with Gasteiger partial charge in [0, 0.05) is 23.5 Å². The molecule has 2 aromatic heterocycles. The van der Waals surface area contributed by atoms with Crippen molar-refractivity contribution < 1.29 is 14.3 Å². The number of benzene rings is 1. The van der Waals surface area contributed by atoms with E-state index in [0.717, 1.165) is 22.5 Å². The van der Waals surface area contributed by atoms with Crippen molar-refractivity contribution in [2.75, 3.05) is 17.7 Å². The van der Waals surface area contributed by atoms with Crippen molar-refractivity contribution in [3.05, 3.63) is 46.8 Å². The Labute approximate surface area is 161 Å². The Morgan fingerprint density at radius 1 is 1.14 bits per heavy atom. The normalized spacial score (nSPS) is 10.8. The topological polar surface area (TPSA) is 124 Å². The summed E-state index contributed by atoms with van der Waals surface area (Å²) in [6.45, 7) is 5.34. The molecule has 146 valence electrons. The molecule has 0 aliphatic heterocycles. The van der Waals surface area contributed by atoms with Gasteiger partial charge in [-0.25, -0.2) is 4.98 Å². The summed E-state index contributed by atoms with van der Waals surface area (Å²) >= 11 is 0. The summed E-state index contributed by atoms with van der Waals surface area (Å²) in [5.74, 6) is -0.278. The standard InChI is InChI=1S/C19H22N6O3/c1-11-4-6-14(7-5-11)22-16(26)10-28-17(27)9-8-15-12(2)21-19-23-18(20)24-25(19)13(15)3/h4-7H,8-10H2,1-3H3,(H2,20,24)(H,22,26). The molecule has 3 rings (SSSR count). The van der Waals surface area contributed by atoms with Crippen molar-refractivity contribution in [1.29, 1.82) is 0 Å². The molecule has 0 atom stereocenters. The molecule has 0 bridgehead atoms. The van der Waals surface area contributed by atoms with Crippen LogP contribution in [0.1, 0.15) is 28.9 Å². The van der Waals surface area contributed by atoms with Crippen LogP contribution in [-0.2, 0) is 20.7 Å². The fraction of sp³-hybridized carbons (Fsp3) is 0.316. The SMILES string of the molecule is Cc1ccc(NC(=O)COC(=O)CCc2c(C)nc3nc(N)nn3c2C)cc1. The molecule has 3 N–H and O–H groups in total. The van der Waals surface area contributed by atoms with Crippen LogP contribution in [0.3, 0.4) is 0 Å². The summed E-state index contributed by atoms with van der Waals surface area (Å²) in [6, 6.07) is 7.36. The molecule has 0 aliphatic carbocycles. The minimum atomic E-state index is -0.462. The summed E-state index contributed by atoms with van der Waals surface area (Å²) in [5, 5.41) is 6.78. The lowest BCUT2D eigenvalue weighted by molar-refractivity contribution is -0.147. The number of amides is 1. The van der Waals surface area contributed by atoms with Gasteiger partial charge in [-0.2, -0.15) is 9.50 Å². The van der Waals surface area contributed by atoms with Crippen molar-refractivity contribution in [2.24, 2.45) is 0 Å². The molecule has 0 radical (unpaired) electrons. The Hall–Kier alpha value is -3.49. The summed E-state index contributed by atoms with van der Waals surface area (Å²) in [4.78, 5) is 32.3. The van der Waals surface area contributed by atoms with E-state index in [2.05, 4.69) is 20.4 Å². The van der Waals surface area contributed by atoms with Crippen LogP contribution in [0.2, 0.25) is 0 Å². The van der Waals surface area contributed by atoms with Crippen molar-refractivity contribution >= 4 is 29.3 Å². The van der Waals surface area contributed by atoms with Crippen molar-refractivity contribution in [3.63, 3.8) is 0 Å². The molecule has 1 amide bonds. The number of nitrogens with two attached hydrogens (primary N) is 1. The molecule has 2 heterocycles. The zero-order valence-electron chi connectivity index (χ0n) is 16.0. The van der Waals surface area contributed by atoms with Gasteiger partial charge >= 0.3 is 5.97 Å². The van der Waals surface area contributed by atoms with Gasteiger partial charge in [0.1, 0.15) is 0 Å². The van der Waals surface area contributed by atoms with E-state index in [0.29, 0.717) is 17.9 Å². The number of nitrogen functional groups attached to an aromatic ring is 1. The van der Waals surface area contributed by atoms with Crippen LogP contribution in [0.25, 0.3) is 5.78 Å². The number of esters is 1. The molecule has 0 aliphatic rings. The van der Waals surface area contributed by atoms with Crippen LogP contribution in [0.5, 0.6) is 0 Å². The first-order chi connectivity index (χ1) is 13.3. The maximum Gasteiger partial charge on any atom is 0.306 e. The number of hydrogen-bond donors (Lipinski definition) is 2. The Kier molecular flexibility index (Phi) is 5.53. The number of fused-ring (bicyclic) bond motifs is 1. The van der Waals surface area contributed by atoms with Crippen LogP contribution in [-0.4, -0.2) is 38.1 Å². The number of aromatic nitrogens is 4. The smallest absolute Gasteiger partial charge is 0.306 e. The molecule has 9 heteroatoms. The molecule has 0 fully saturated rings. The Balaban J connectivity index is 1.53. The number of carbonyl (C=O) groups excluding carboxylic acids is 2. The third kappa shape index (κ3) is 4.43. The van der Waals surface area contributed by atoms with E-state index in [-0.39, 0.29) is 24.9 Å². The van der Waals surface area contributed by atoms with Gasteiger partial charge in [0.2, 0.25) is 5.95 Å². The second-order valence-corrected chi connectivity index (χ2v) is 6.52. The van der Waals surface area contributed by atoms with Gasteiger partial charge < -0.3 is 15.8 Å². The highest BCUT2D eigenvalue weighted by molar-refractivity contribution is 5.92. The van der Waals surface area contributed by atoms with Crippen molar-refractivity contribution in [2.45, 2.75) is 33.6 Å². The zero-order chi connectivity index (χ0) is 20.3. The summed E-state index contributed by atoms with van der Waals surface area (Å²) in [7, 11) is 0. The molecule has 0 spiro atoms. The molecule has 28 heavy (non-hydrogen) atoms. The number of aryl methyl sites for hydroxylation is 3. The Morgan fingerprint density at radius 2 is 1.86 bits per heavy atom. The predicted molar refractivity (Wildman–Crippen MR) is 104 cm³/mol. The number of ether oxygens (including phenoxy) is 1. The highest BCUT2D eigenvalue weighted by atomic mass is 16.5. The fourth-order valence-electron chi connectivity index (χ4n) is 2.86. The lowest BCUT2D eigenvalue weighted by Gasteiger charge is -2.10. The van der Waals surface area contributed by atoms with Gasteiger partial charge in [0.15, 0.2) is 6.61 Å². The average Bonchev–Trinajstić information content (AvgIpc) is 3.02. The Morgan fingerprint density at radius 3 is 2.57 bits per heavy atom. The monoisotopic (exact) mass is 382 g/mol. The van der Waals surface area contributed by atoms with E-state index in [1.54, 1.807) is 16.6 Å². The second kappa shape index (κ2) is 8.03. The first-order valence-electron chi connectivity index (χ1n) is 8.84. The zero-order valence-corrected chi connectivity index (χ0v) is 16.0. The number of hydrogen-bond acceptors (Lipinski definition) is 7. The number of anilines is 2. The Bertz CT molecular complexity index is 1030. The van der Waals surface area contributed by atoms with Gasteiger partial charge in [-0.15, -0.1) is 5.10 Å². The van der Waals surface area contributed by atoms with Gasteiger partial charge in [-0.3, -0.25) is 9.59 Å². The van der Waals surface area contributed by atoms with Crippen LogP contribution in [0, 0.1) is 20.8 Å². The van der Waals surface area contributed by atoms with Crippen molar-refractivity contribution in [3.8, 4) is 0 Å². The molecule has 3 aromatic rings. The molecular weight excluding hydrogens is 360 g/mol. The highest BCUT2D eigenvalue weighted by Gasteiger charge is 2.15. The molecular formula is C19H22N6O3. The van der Waals surface area contributed by atoms with E-state index in [4.69, 9.17) is 10.5 Å². The molecule has 0 saturated carbocycles. The first kappa shape index (κ1) is 19.3. The number of nitrogens with zero attached hydrogens (tertiary/aromatic N) is 4. The van der Waals surface area contributed by atoms with Gasteiger partial charge in [-0.05, 0) is 44.9 Å². The van der Waals surface area contributed by atoms with Gasteiger partial charge in [0.05, 0.1) is 0 Å². The number of rotatable bonds is 6. The quantitative estimate of drug-likeness (QED) is 0.622. The van der Waals surface area contributed by atoms with E-state index in [1.807, 2.05) is 32.9 Å². The average molecular weight is 382 g/mol. The predicted octanol–water partition coefficient (Wildman–Crippen LogP) is 1.75. The number of carbonyl (C=O) groups is 2. The van der Waals surface area contributed by atoms with Crippen molar-refractivity contribution in [1.82, 2.24) is 19.6 Å². The van der Waals surface area contributed by atoms with Gasteiger partial charge in [0.25, 0.3) is 11.7 Å². The van der Waals surface area contributed by atoms with Crippen LogP contribution < -0.4 is 11.1 Å². The molecule has 0 unspecified atom stereocenters. The van der Waals surface area contributed by atoms with Crippen LogP contribution in [0.4, 0.5) is 11.6 Å². The summed E-state index contributed by atoms with van der Waals surface area (Å²) in [6.07, 6.45) is 0.537. The third-order valence-electron chi connectivity index (χ3n) is 4.34. The third-order valence-corrected chi connectivity index (χ3v) is 4.34. The molecule has 9 nitrogen and oxygen atoms in total. The van der Waals surface area contributed by atoms with E-state index >= 15 is 0 Å². The lowest BCUT2D eigenvalue weighted by Crippen LogP contribution is -2.21. The maximum absolute atomic E-state index is 12.0. The summed E-state index contributed by atoms with van der Waals surface area (Å²) < 4.78 is 6.62. The highest BCUT2D eigenvalue weighted by Crippen LogP contribution is 2.16. The minimum Gasteiger partial charge on any atom is -0.456 e. The minimum absolute atomic E-state index is 0.122. The lowest BCUT2D eigenvalue weighted by atomic mass is 10.1. The molecule has 1 aromatic carbocycles. The van der Waals surface area contributed by atoms with Crippen LogP contribution >= 0.6 is 0 Å². The molecule has 0 saturated heterocycles. The maximum atomic E-state index is 12.0.